The van der Waals surface area contributed by atoms with Crippen molar-refractivity contribution in [2.24, 2.45) is 0 Å². The van der Waals surface area contributed by atoms with Crippen LogP contribution in [0.4, 0.5) is 15.8 Å². The van der Waals surface area contributed by atoms with Crippen LogP contribution in [0.1, 0.15) is 24.2 Å². The summed E-state index contributed by atoms with van der Waals surface area (Å²) in [5.74, 6) is -0.557. The van der Waals surface area contributed by atoms with Gasteiger partial charge in [0.1, 0.15) is 11.6 Å². The van der Waals surface area contributed by atoms with Crippen LogP contribution in [0.25, 0.3) is 22.1 Å². The number of hydrogen-bond donors (Lipinski definition) is 2. The van der Waals surface area contributed by atoms with Gasteiger partial charge in [0, 0.05) is 31.1 Å². The predicted octanol–water partition coefficient (Wildman–Crippen LogP) is 4.53. The number of aryl methyl sites for hydroxylation is 1. The fraction of sp³-hybridized carbons (Fsp3) is 0.160. The van der Waals surface area contributed by atoms with Gasteiger partial charge in [-0.05, 0) is 42.3 Å². The Kier molecular flexibility index (Phi) is 6.03. The van der Waals surface area contributed by atoms with E-state index in [4.69, 9.17) is 4.42 Å². The number of H-pyrrole nitrogens is 1. The van der Waals surface area contributed by atoms with Gasteiger partial charge in [-0.25, -0.2) is 14.2 Å². The number of nitro benzene ring substituents is 1. The highest BCUT2D eigenvalue weighted by Gasteiger charge is 2.15. The highest BCUT2D eigenvalue weighted by molar-refractivity contribution is 5.93. The van der Waals surface area contributed by atoms with Crippen LogP contribution in [0.5, 0.6) is 0 Å². The third-order valence-corrected chi connectivity index (χ3v) is 5.78. The SMILES string of the molecule is O=C(CCCn1c(=O)oc2cc([N+](=O)[O-])ccc21)Nc1ccc2nc(Cc3ccccc3F)[nH]c2c1. The molecule has 0 saturated heterocycles. The first-order chi connectivity index (χ1) is 17.4. The quantitative estimate of drug-likeness (QED) is 0.243. The molecule has 1 amide bonds. The maximum atomic E-state index is 13.9. The standard InChI is InChI=1S/C25H20FN5O5/c26-18-5-2-1-4-15(18)12-23-28-19-9-7-16(13-20(19)29-23)27-24(32)6-3-11-30-21-10-8-17(31(34)35)14-22(21)36-25(30)33/h1-2,4-5,7-10,13-14H,3,6,11-12H2,(H,27,32)(H,28,29). The number of nitrogens with one attached hydrogen (secondary N) is 2. The van der Waals surface area contributed by atoms with E-state index in [9.17, 15) is 24.1 Å². The number of carbonyl (C=O) groups excluding carboxylic acids is 1. The molecule has 0 radical (unpaired) electrons. The maximum absolute atomic E-state index is 13.9. The Morgan fingerprint density at radius 2 is 2.00 bits per heavy atom. The molecule has 2 N–H and O–H groups in total. The highest BCUT2D eigenvalue weighted by Crippen LogP contribution is 2.21. The summed E-state index contributed by atoms with van der Waals surface area (Å²) in [4.78, 5) is 42.6. The number of hydrogen-bond acceptors (Lipinski definition) is 6. The Morgan fingerprint density at radius 1 is 1.17 bits per heavy atom. The van der Waals surface area contributed by atoms with E-state index < -0.39 is 10.7 Å². The average molecular weight is 489 g/mol. The molecular weight excluding hydrogens is 469 g/mol. The Labute approximate surface area is 202 Å². The van der Waals surface area contributed by atoms with Crippen molar-refractivity contribution < 1.29 is 18.5 Å². The second kappa shape index (κ2) is 9.45. The van der Waals surface area contributed by atoms with E-state index >= 15 is 0 Å². The summed E-state index contributed by atoms with van der Waals surface area (Å²) in [6, 6.07) is 15.7. The first kappa shape index (κ1) is 23.0. The van der Waals surface area contributed by atoms with E-state index in [0.717, 1.165) is 0 Å². The van der Waals surface area contributed by atoms with Gasteiger partial charge in [-0.1, -0.05) is 18.2 Å². The lowest BCUT2D eigenvalue weighted by atomic mass is 10.1. The molecular formula is C25H20FN5O5. The molecule has 0 saturated carbocycles. The molecule has 2 aromatic heterocycles. The van der Waals surface area contributed by atoms with Crippen molar-refractivity contribution >= 4 is 39.4 Å². The van der Waals surface area contributed by atoms with E-state index in [0.29, 0.717) is 46.5 Å². The van der Waals surface area contributed by atoms with Gasteiger partial charge in [0.2, 0.25) is 5.91 Å². The lowest BCUT2D eigenvalue weighted by molar-refractivity contribution is -0.384. The smallest absolute Gasteiger partial charge is 0.407 e. The number of rotatable bonds is 8. The van der Waals surface area contributed by atoms with Crippen molar-refractivity contribution in [1.82, 2.24) is 14.5 Å². The van der Waals surface area contributed by atoms with Crippen LogP contribution in [0.3, 0.4) is 0 Å². The molecule has 0 fully saturated rings. The minimum Gasteiger partial charge on any atom is -0.407 e. The van der Waals surface area contributed by atoms with E-state index in [2.05, 4.69) is 15.3 Å². The zero-order chi connectivity index (χ0) is 25.2. The molecule has 0 aliphatic carbocycles. The number of anilines is 1. The number of halogens is 1. The molecule has 11 heteroatoms. The summed E-state index contributed by atoms with van der Waals surface area (Å²) in [5.41, 5.74) is 2.91. The van der Waals surface area contributed by atoms with Crippen LogP contribution in [-0.4, -0.2) is 25.4 Å². The van der Waals surface area contributed by atoms with Crippen molar-refractivity contribution in [1.29, 1.82) is 0 Å². The lowest BCUT2D eigenvalue weighted by Gasteiger charge is -2.06. The number of oxazole rings is 1. The zero-order valence-electron chi connectivity index (χ0n) is 18.9. The molecule has 0 bridgehead atoms. The number of fused-ring (bicyclic) bond motifs is 2. The molecule has 3 aromatic carbocycles. The minimum absolute atomic E-state index is 0.126. The summed E-state index contributed by atoms with van der Waals surface area (Å²) in [5, 5.41) is 13.7. The van der Waals surface area contributed by atoms with Gasteiger partial charge in [-0.3, -0.25) is 19.5 Å². The Balaban J connectivity index is 1.21. The molecule has 0 atom stereocenters. The number of benzene rings is 3. The van der Waals surface area contributed by atoms with Crippen molar-refractivity contribution in [2.45, 2.75) is 25.8 Å². The first-order valence-corrected chi connectivity index (χ1v) is 11.2. The summed E-state index contributed by atoms with van der Waals surface area (Å²) >= 11 is 0. The third-order valence-electron chi connectivity index (χ3n) is 5.78. The van der Waals surface area contributed by atoms with Gasteiger partial charge < -0.3 is 14.7 Å². The van der Waals surface area contributed by atoms with E-state index in [1.165, 1.54) is 28.8 Å². The molecule has 0 unspecified atom stereocenters. The highest BCUT2D eigenvalue weighted by atomic mass is 19.1. The van der Waals surface area contributed by atoms with Crippen molar-refractivity contribution in [3.8, 4) is 0 Å². The topological polar surface area (TPSA) is 136 Å². The Bertz CT molecular complexity index is 1670. The van der Waals surface area contributed by atoms with E-state index in [1.807, 2.05) is 0 Å². The van der Waals surface area contributed by atoms with Crippen LogP contribution in [0.2, 0.25) is 0 Å². The first-order valence-electron chi connectivity index (χ1n) is 11.2. The molecule has 36 heavy (non-hydrogen) atoms. The summed E-state index contributed by atoms with van der Waals surface area (Å²) < 4.78 is 20.4. The maximum Gasteiger partial charge on any atom is 0.419 e. The number of nitrogens with zero attached hydrogens (tertiary/aromatic N) is 3. The summed E-state index contributed by atoms with van der Waals surface area (Å²) in [6.07, 6.45) is 0.820. The monoisotopic (exact) mass is 489 g/mol. The number of aromatic nitrogens is 3. The molecule has 2 heterocycles. The van der Waals surface area contributed by atoms with Crippen molar-refractivity contribution in [3.63, 3.8) is 0 Å². The van der Waals surface area contributed by atoms with Crippen LogP contribution in [-0.2, 0) is 17.8 Å². The van der Waals surface area contributed by atoms with Gasteiger partial charge in [-0.2, -0.15) is 0 Å². The van der Waals surface area contributed by atoms with Gasteiger partial charge in [0.25, 0.3) is 5.69 Å². The van der Waals surface area contributed by atoms with Crippen LogP contribution in [0.15, 0.2) is 69.9 Å². The molecule has 5 rings (SSSR count). The fourth-order valence-corrected chi connectivity index (χ4v) is 4.05. The fourth-order valence-electron chi connectivity index (χ4n) is 4.05. The van der Waals surface area contributed by atoms with Crippen LogP contribution >= 0.6 is 0 Å². The molecule has 0 spiro atoms. The summed E-state index contributed by atoms with van der Waals surface area (Å²) in [6.45, 7) is 0.218. The third kappa shape index (κ3) is 4.71. The normalized spacial score (nSPS) is 11.2. The van der Waals surface area contributed by atoms with E-state index in [1.54, 1.807) is 36.4 Å². The number of amides is 1. The van der Waals surface area contributed by atoms with Gasteiger partial charge >= 0.3 is 5.76 Å². The van der Waals surface area contributed by atoms with Crippen molar-refractivity contribution in [3.05, 3.63) is 98.5 Å². The Hall–Kier alpha value is -4.80. The number of carbonyl (C=O) groups is 1. The molecule has 182 valence electrons. The number of non-ortho nitro benzene ring substituents is 1. The lowest BCUT2D eigenvalue weighted by Crippen LogP contribution is -2.17. The number of imidazole rings is 1. The zero-order valence-corrected chi connectivity index (χ0v) is 18.9. The molecule has 10 nitrogen and oxygen atoms in total. The van der Waals surface area contributed by atoms with Crippen molar-refractivity contribution in [2.75, 3.05) is 5.32 Å². The average Bonchev–Trinajstić information content (AvgIpc) is 3.39. The largest absolute Gasteiger partial charge is 0.419 e. The second-order valence-corrected chi connectivity index (χ2v) is 8.26. The summed E-state index contributed by atoms with van der Waals surface area (Å²) in [7, 11) is 0. The molecule has 0 aliphatic heterocycles. The van der Waals surface area contributed by atoms with Crippen LogP contribution < -0.4 is 11.1 Å². The number of nitro groups is 1. The van der Waals surface area contributed by atoms with Gasteiger partial charge in [0.15, 0.2) is 5.58 Å². The predicted molar refractivity (Wildman–Crippen MR) is 130 cm³/mol. The number of aromatic amines is 1. The van der Waals surface area contributed by atoms with Crippen LogP contribution in [0, 0.1) is 15.9 Å². The molecule has 5 aromatic rings. The minimum atomic E-state index is -0.637. The van der Waals surface area contributed by atoms with Gasteiger partial charge in [-0.15, -0.1) is 0 Å². The molecule has 0 aliphatic rings. The van der Waals surface area contributed by atoms with Gasteiger partial charge in [0.05, 0.1) is 27.5 Å². The van der Waals surface area contributed by atoms with E-state index in [-0.39, 0.29) is 36.0 Å². The Morgan fingerprint density at radius 3 is 2.81 bits per heavy atom. The second-order valence-electron chi connectivity index (χ2n) is 8.26.